The number of hydrogen-bond acceptors (Lipinski definition) is 2. The molecule has 0 radical (unpaired) electrons. The van der Waals surface area contributed by atoms with Gasteiger partial charge in [-0.3, -0.25) is 4.79 Å². The fraction of sp³-hybridized carbons (Fsp3) is 0.333. The van der Waals surface area contributed by atoms with Crippen molar-refractivity contribution in [2.75, 3.05) is 6.54 Å². The van der Waals surface area contributed by atoms with E-state index >= 15 is 0 Å². The monoisotopic (exact) mass is 326 g/mol. The molecule has 4 rings (SSSR count). The first-order valence-corrected chi connectivity index (χ1v) is 8.12. The number of aromatic nitrogens is 3. The molecule has 3 aromatic rings. The molecule has 3 heterocycles. The van der Waals surface area contributed by atoms with Crippen LogP contribution in [0.4, 0.5) is 4.39 Å². The van der Waals surface area contributed by atoms with Crippen LogP contribution in [0.3, 0.4) is 0 Å². The van der Waals surface area contributed by atoms with Crippen LogP contribution in [0.2, 0.25) is 0 Å². The first kappa shape index (κ1) is 14.9. The van der Waals surface area contributed by atoms with E-state index in [0.717, 1.165) is 35.3 Å². The topological polar surface area (TPSA) is 53.9 Å². The summed E-state index contributed by atoms with van der Waals surface area (Å²) in [5.74, 6) is 0.506. The number of carbonyl (C=O) groups is 1. The van der Waals surface area contributed by atoms with Gasteiger partial charge < -0.3 is 14.5 Å². The molecule has 1 aliphatic rings. The second-order valence-electron chi connectivity index (χ2n) is 6.40. The Morgan fingerprint density at radius 2 is 2.21 bits per heavy atom. The molecule has 1 saturated heterocycles. The summed E-state index contributed by atoms with van der Waals surface area (Å²) in [6.07, 6.45) is 3.64. The number of halogens is 1. The van der Waals surface area contributed by atoms with Gasteiger partial charge in [-0.15, -0.1) is 0 Å². The molecule has 1 atom stereocenters. The molecule has 2 aromatic heterocycles. The first-order chi connectivity index (χ1) is 11.5. The number of benzene rings is 1. The van der Waals surface area contributed by atoms with Crippen LogP contribution in [0.1, 0.15) is 40.9 Å². The van der Waals surface area contributed by atoms with Gasteiger partial charge in [-0.05, 0) is 44.0 Å². The molecular formula is C18H19FN4O. The standard InChI is InChI=1S/C18H19FN4O/c1-11-10-20-17(21-11)15-4-3-7-23(15)18(24)16-9-12-8-13(19)5-6-14(12)22(16)2/h5-6,8-10,15H,3-4,7H2,1-2H3,(H,20,21)/t15-/m1/s1. The van der Waals surface area contributed by atoms with Crippen LogP contribution in [0.5, 0.6) is 0 Å². The molecule has 5 nitrogen and oxygen atoms in total. The molecule has 124 valence electrons. The minimum atomic E-state index is -0.294. The van der Waals surface area contributed by atoms with Crippen LogP contribution < -0.4 is 0 Å². The maximum absolute atomic E-state index is 13.4. The van der Waals surface area contributed by atoms with Gasteiger partial charge in [0, 0.05) is 36.4 Å². The van der Waals surface area contributed by atoms with Gasteiger partial charge in [0.05, 0.1) is 6.04 Å². The van der Waals surface area contributed by atoms with E-state index in [4.69, 9.17) is 0 Å². The van der Waals surface area contributed by atoms with Crippen molar-refractivity contribution in [3.05, 3.63) is 53.5 Å². The minimum Gasteiger partial charge on any atom is -0.344 e. The lowest BCUT2D eigenvalue weighted by atomic mass is 10.2. The lowest BCUT2D eigenvalue weighted by Gasteiger charge is -2.23. The molecule has 1 amide bonds. The molecule has 6 heteroatoms. The van der Waals surface area contributed by atoms with E-state index in [1.54, 1.807) is 18.3 Å². The van der Waals surface area contributed by atoms with Gasteiger partial charge in [0.2, 0.25) is 0 Å². The van der Waals surface area contributed by atoms with Crippen molar-refractivity contribution in [3.63, 3.8) is 0 Å². The van der Waals surface area contributed by atoms with Crippen LogP contribution >= 0.6 is 0 Å². The van der Waals surface area contributed by atoms with Gasteiger partial charge >= 0.3 is 0 Å². The summed E-state index contributed by atoms with van der Waals surface area (Å²) < 4.78 is 15.3. The van der Waals surface area contributed by atoms with E-state index in [9.17, 15) is 9.18 Å². The Morgan fingerprint density at radius 3 is 2.96 bits per heavy atom. The Morgan fingerprint density at radius 1 is 1.38 bits per heavy atom. The quantitative estimate of drug-likeness (QED) is 0.785. The fourth-order valence-corrected chi connectivity index (χ4v) is 3.57. The number of likely N-dealkylation sites (tertiary alicyclic amines) is 1. The molecule has 1 fully saturated rings. The Labute approximate surface area is 139 Å². The molecule has 1 N–H and O–H groups in total. The molecule has 0 unspecified atom stereocenters. The number of aromatic amines is 1. The number of aryl methyl sites for hydroxylation is 2. The van der Waals surface area contributed by atoms with E-state index in [-0.39, 0.29) is 17.8 Å². The van der Waals surface area contributed by atoms with Crippen LogP contribution in [-0.2, 0) is 7.05 Å². The van der Waals surface area contributed by atoms with E-state index in [1.807, 2.05) is 23.4 Å². The molecule has 1 aliphatic heterocycles. The summed E-state index contributed by atoms with van der Waals surface area (Å²) >= 11 is 0. The van der Waals surface area contributed by atoms with Crippen molar-refractivity contribution in [1.82, 2.24) is 19.4 Å². The summed E-state index contributed by atoms with van der Waals surface area (Å²) in [6.45, 7) is 2.66. The number of amides is 1. The van der Waals surface area contributed by atoms with Crippen LogP contribution in [0.25, 0.3) is 10.9 Å². The SMILES string of the molecule is Cc1cnc([C@H]2CCCN2C(=O)c2cc3cc(F)ccc3n2C)[nH]1. The maximum Gasteiger partial charge on any atom is 0.271 e. The third kappa shape index (κ3) is 2.29. The second kappa shape index (κ2) is 5.47. The van der Waals surface area contributed by atoms with Crippen LogP contribution in [0, 0.1) is 12.7 Å². The number of nitrogens with zero attached hydrogens (tertiary/aromatic N) is 3. The van der Waals surface area contributed by atoms with Crippen LogP contribution in [-0.4, -0.2) is 31.9 Å². The zero-order chi connectivity index (χ0) is 16.8. The van der Waals surface area contributed by atoms with Gasteiger partial charge in [-0.25, -0.2) is 9.37 Å². The summed E-state index contributed by atoms with van der Waals surface area (Å²) in [5, 5.41) is 0.741. The van der Waals surface area contributed by atoms with E-state index in [0.29, 0.717) is 12.2 Å². The lowest BCUT2D eigenvalue weighted by Crippen LogP contribution is -2.32. The van der Waals surface area contributed by atoms with Crippen LogP contribution in [0.15, 0.2) is 30.5 Å². The summed E-state index contributed by atoms with van der Waals surface area (Å²) in [4.78, 5) is 22.6. The fourth-order valence-electron chi connectivity index (χ4n) is 3.57. The number of rotatable bonds is 2. The van der Waals surface area contributed by atoms with Crippen molar-refractivity contribution in [2.45, 2.75) is 25.8 Å². The number of H-pyrrole nitrogens is 1. The molecular weight excluding hydrogens is 307 g/mol. The number of hydrogen-bond donors (Lipinski definition) is 1. The Balaban J connectivity index is 1.71. The molecule has 0 aliphatic carbocycles. The maximum atomic E-state index is 13.4. The minimum absolute atomic E-state index is 0.0269. The zero-order valence-electron chi connectivity index (χ0n) is 13.7. The van der Waals surface area contributed by atoms with E-state index in [1.165, 1.54) is 12.1 Å². The summed E-state index contributed by atoms with van der Waals surface area (Å²) in [5.41, 5.74) is 2.42. The van der Waals surface area contributed by atoms with Crippen molar-refractivity contribution in [1.29, 1.82) is 0 Å². The number of imidazole rings is 1. The Kier molecular flexibility index (Phi) is 3.40. The number of fused-ring (bicyclic) bond motifs is 1. The largest absolute Gasteiger partial charge is 0.344 e. The number of carbonyl (C=O) groups excluding carboxylic acids is 1. The Bertz CT molecular complexity index is 926. The third-order valence-electron chi connectivity index (χ3n) is 4.78. The highest BCUT2D eigenvalue weighted by Crippen LogP contribution is 2.32. The van der Waals surface area contributed by atoms with Gasteiger partial charge in [-0.2, -0.15) is 0 Å². The predicted molar refractivity (Wildman–Crippen MR) is 89.2 cm³/mol. The van der Waals surface area contributed by atoms with E-state index < -0.39 is 0 Å². The van der Waals surface area contributed by atoms with Gasteiger partial charge in [-0.1, -0.05) is 0 Å². The van der Waals surface area contributed by atoms with E-state index in [2.05, 4.69) is 9.97 Å². The molecule has 0 spiro atoms. The van der Waals surface area contributed by atoms with Gasteiger partial charge in [0.25, 0.3) is 5.91 Å². The first-order valence-electron chi connectivity index (χ1n) is 8.12. The molecule has 0 saturated carbocycles. The lowest BCUT2D eigenvalue weighted by molar-refractivity contribution is 0.0721. The predicted octanol–water partition coefficient (Wildman–Crippen LogP) is 3.33. The highest BCUT2D eigenvalue weighted by Gasteiger charge is 2.33. The highest BCUT2D eigenvalue weighted by molar-refractivity contribution is 5.99. The molecule has 0 bridgehead atoms. The highest BCUT2D eigenvalue weighted by atomic mass is 19.1. The third-order valence-corrected chi connectivity index (χ3v) is 4.78. The second-order valence-corrected chi connectivity index (χ2v) is 6.40. The van der Waals surface area contributed by atoms with Crippen molar-refractivity contribution in [2.24, 2.45) is 7.05 Å². The van der Waals surface area contributed by atoms with Crippen molar-refractivity contribution >= 4 is 16.8 Å². The summed E-state index contributed by atoms with van der Waals surface area (Å²) in [6, 6.07) is 6.33. The average molecular weight is 326 g/mol. The van der Waals surface area contributed by atoms with Gasteiger partial charge in [0.1, 0.15) is 17.3 Å². The normalized spacial score (nSPS) is 17.8. The molecule has 1 aromatic carbocycles. The average Bonchev–Trinajstić information content (AvgIpc) is 3.25. The molecule has 24 heavy (non-hydrogen) atoms. The number of nitrogens with one attached hydrogen (secondary N) is 1. The van der Waals surface area contributed by atoms with Crippen molar-refractivity contribution in [3.8, 4) is 0 Å². The smallest absolute Gasteiger partial charge is 0.271 e. The van der Waals surface area contributed by atoms with Gasteiger partial charge in [0.15, 0.2) is 0 Å². The Hall–Kier alpha value is -2.63. The summed E-state index contributed by atoms with van der Waals surface area (Å²) in [7, 11) is 1.84. The zero-order valence-corrected chi connectivity index (χ0v) is 13.7. The van der Waals surface area contributed by atoms with Crippen molar-refractivity contribution < 1.29 is 9.18 Å².